The van der Waals surface area contributed by atoms with Gasteiger partial charge in [-0.1, -0.05) is 24.3 Å². The Bertz CT molecular complexity index is 944. The van der Waals surface area contributed by atoms with Gasteiger partial charge in [-0.25, -0.2) is 4.79 Å². The minimum Gasteiger partial charge on any atom is -0.379 e. The SMILES string of the molecule is Cc1ccc(N2C(=O)Nc3ccccc3[C@@]2(O)C(=O)NCCCOC(C)C)cc1C. The molecule has 1 aliphatic heterocycles. The number of carbonyl (C=O) groups excluding carboxylic acids is 2. The van der Waals surface area contributed by atoms with Crippen molar-refractivity contribution < 1.29 is 19.4 Å². The molecule has 1 heterocycles. The standard InChI is InChI=1S/C23H29N3O4/c1-15(2)30-13-7-12-24-21(27)23(29)19-8-5-6-9-20(19)25-22(28)26(23)18-11-10-16(3)17(4)14-18/h5-6,8-11,14-15,29H,7,12-13H2,1-4H3,(H,24,27)(H,25,28)/t23-/m1/s1. The van der Waals surface area contributed by atoms with E-state index in [-0.39, 0.29) is 6.10 Å². The molecule has 2 aromatic rings. The van der Waals surface area contributed by atoms with Gasteiger partial charge in [-0.3, -0.25) is 9.69 Å². The van der Waals surface area contributed by atoms with Crippen LogP contribution >= 0.6 is 0 Å². The third kappa shape index (κ3) is 4.17. The molecule has 30 heavy (non-hydrogen) atoms. The summed E-state index contributed by atoms with van der Waals surface area (Å²) in [5.74, 6) is -0.660. The van der Waals surface area contributed by atoms with Crippen molar-refractivity contribution in [3.63, 3.8) is 0 Å². The number of para-hydroxylation sites is 1. The lowest BCUT2D eigenvalue weighted by atomic mass is 9.94. The largest absolute Gasteiger partial charge is 0.379 e. The maximum absolute atomic E-state index is 13.2. The predicted molar refractivity (Wildman–Crippen MR) is 116 cm³/mol. The number of urea groups is 1. The molecule has 7 heteroatoms. The molecule has 1 atom stereocenters. The second-order valence-corrected chi connectivity index (χ2v) is 7.78. The van der Waals surface area contributed by atoms with Gasteiger partial charge in [0, 0.05) is 24.4 Å². The molecule has 2 aromatic carbocycles. The lowest BCUT2D eigenvalue weighted by Gasteiger charge is -2.42. The van der Waals surface area contributed by atoms with Crippen molar-refractivity contribution in [3.05, 3.63) is 59.2 Å². The monoisotopic (exact) mass is 411 g/mol. The second-order valence-electron chi connectivity index (χ2n) is 7.78. The summed E-state index contributed by atoms with van der Waals surface area (Å²) in [5, 5.41) is 17.2. The smallest absolute Gasteiger partial charge is 0.329 e. The van der Waals surface area contributed by atoms with Gasteiger partial charge >= 0.3 is 6.03 Å². The van der Waals surface area contributed by atoms with Crippen molar-refractivity contribution in [2.24, 2.45) is 0 Å². The quantitative estimate of drug-likeness (QED) is 0.609. The Hall–Kier alpha value is -2.90. The zero-order valence-corrected chi connectivity index (χ0v) is 17.9. The lowest BCUT2D eigenvalue weighted by molar-refractivity contribution is -0.140. The highest BCUT2D eigenvalue weighted by molar-refractivity contribution is 6.11. The van der Waals surface area contributed by atoms with Gasteiger partial charge in [-0.15, -0.1) is 0 Å². The minimum atomic E-state index is -2.18. The Morgan fingerprint density at radius 2 is 1.93 bits per heavy atom. The van der Waals surface area contributed by atoms with Gasteiger partial charge in [0.05, 0.1) is 11.8 Å². The van der Waals surface area contributed by atoms with E-state index < -0.39 is 17.7 Å². The number of nitrogens with one attached hydrogen (secondary N) is 2. The molecule has 0 bridgehead atoms. The summed E-state index contributed by atoms with van der Waals surface area (Å²) in [6.45, 7) is 8.58. The molecule has 0 aliphatic carbocycles. The molecule has 0 saturated heterocycles. The maximum atomic E-state index is 13.2. The van der Waals surface area contributed by atoms with Crippen LogP contribution < -0.4 is 15.5 Å². The molecule has 0 spiro atoms. The Labute approximate surface area is 177 Å². The molecule has 0 unspecified atom stereocenters. The van der Waals surface area contributed by atoms with Crippen LogP contribution in [0.2, 0.25) is 0 Å². The molecular weight excluding hydrogens is 382 g/mol. The first kappa shape index (κ1) is 21.8. The molecule has 7 nitrogen and oxygen atoms in total. The molecular formula is C23H29N3O4. The number of fused-ring (bicyclic) bond motifs is 1. The van der Waals surface area contributed by atoms with Crippen molar-refractivity contribution in [1.29, 1.82) is 0 Å². The zero-order valence-electron chi connectivity index (χ0n) is 17.9. The fourth-order valence-corrected chi connectivity index (χ4v) is 3.44. The number of aryl methyl sites for hydroxylation is 2. The van der Waals surface area contributed by atoms with Crippen molar-refractivity contribution in [3.8, 4) is 0 Å². The molecule has 3 N–H and O–H groups in total. The summed E-state index contributed by atoms with van der Waals surface area (Å²) >= 11 is 0. The van der Waals surface area contributed by atoms with Crippen LogP contribution in [0.5, 0.6) is 0 Å². The topological polar surface area (TPSA) is 90.9 Å². The van der Waals surface area contributed by atoms with Crippen LogP contribution in [0.4, 0.5) is 16.2 Å². The third-order valence-corrected chi connectivity index (χ3v) is 5.19. The van der Waals surface area contributed by atoms with Crippen molar-refractivity contribution in [1.82, 2.24) is 5.32 Å². The van der Waals surface area contributed by atoms with Crippen LogP contribution in [-0.2, 0) is 15.3 Å². The third-order valence-electron chi connectivity index (χ3n) is 5.19. The second kappa shape index (κ2) is 8.85. The number of nitrogens with zero attached hydrogens (tertiary/aromatic N) is 1. The molecule has 0 radical (unpaired) electrons. The number of hydrogen-bond acceptors (Lipinski definition) is 4. The Kier molecular flexibility index (Phi) is 6.43. The first-order chi connectivity index (χ1) is 14.2. The van der Waals surface area contributed by atoms with E-state index in [0.717, 1.165) is 16.0 Å². The summed E-state index contributed by atoms with van der Waals surface area (Å²) in [4.78, 5) is 27.3. The average molecular weight is 412 g/mol. The van der Waals surface area contributed by atoms with Gasteiger partial charge in [0.15, 0.2) is 0 Å². The van der Waals surface area contributed by atoms with Crippen LogP contribution in [0, 0.1) is 13.8 Å². The van der Waals surface area contributed by atoms with Crippen LogP contribution in [0.25, 0.3) is 0 Å². The number of benzene rings is 2. The highest BCUT2D eigenvalue weighted by Gasteiger charge is 2.51. The van der Waals surface area contributed by atoms with E-state index in [2.05, 4.69) is 10.6 Å². The van der Waals surface area contributed by atoms with Crippen LogP contribution in [-0.4, -0.2) is 36.3 Å². The fourth-order valence-electron chi connectivity index (χ4n) is 3.44. The Morgan fingerprint density at radius 1 is 1.20 bits per heavy atom. The van der Waals surface area contributed by atoms with E-state index in [9.17, 15) is 14.7 Å². The molecule has 0 fully saturated rings. The Balaban J connectivity index is 1.95. The van der Waals surface area contributed by atoms with Crippen molar-refractivity contribution >= 4 is 23.3 Å². The highest BCUT2D eigenvalue weighted by atomic mass is 16.5. The first-order valence-corrected chi connectivity index (χ1v) is 10.2. The normalized spacial score (nSPS) is 18.2. The number of hydrogen-bond donors (Lipinski definition) is 3. The summed E-state index contributed by atoms with van der Waals surface area (Å²) in [6.07, 6.45) is 0.705. The van der Waals surface area contributed by atoms with Crippen molar-refractivity contribution in [2.45, 2.75) is 45.9 Å². The average Bonchev–Trinajstić information content (AvgIpc) is 2.70. The van der Waals surface area contributed by atoms with Gasteiger partial charge in [0.25, 0.3) is 11.6 Å². The number of carbonyl (C=O) groups is 2. The number of aliphatic hydroxyl groups is 1. The molecule has 3 amide bonds. The molecule has 3 rings (SSSR count). The number of anilines is 2. The number of amides is 3. The highest BCUT2D eigenvalue weighted by Crippen LogP contribution is 2.40. The van der Waals surface area contributed by atoms with Gasteiger partial charge in [-0.2, -0.15) is 0 Å². The van der Waals surface area contributed by atoms with Crippen LogP contribution in [0.1, 0.15) is 37.0 Å². The number of ether oxygens (including phenoxy) is 1. The Morgan fingerprint density at radius 3 is 2.63 bits per heavy atom. The van der Waals surface area contributed by atoms with E-state index in [1.165, 1.54) is 0 Å². The van der Waals surface area contributed by atoms with E-state index in [1.807, 2.05) is 33.8 Å². The number of rotatable bonds is 7. The summed E-state index contributed by atoms with van der Waals surface area (Å²) in [5.41, 5.74) is 0.981. The van der Waals surface area contributed by atoms with Gasteiger partial charge in [-0.05, 0) is 63.4 Å². The van der Waals surface area contributed by atoms with Crippen LogP contribution in [0.3, 0.4) is 0 Å². The van der Waals surface area contributed by atoms with Crippen LogP contribution in [0.15, 0.2) is 42.5 Å². The predicted octanol–water partition coefficient (Wildman–Crippen LogP) is 3.43. The molecule has 160 valence electrons. The van der Waals surface area contributed by atoms with E-state index >= 15 is 0 Å². The summed E-state index contributed by atoms with van der Waals surface area (Å²) in [7, 11) is 0. The van der Waals surface area contributed by atoms with Gasteiger partial charge in [0.2, 0.25) is 0 Å². The van der Waals surface area contributed by atoms with Gasteiger partial charge in [0.1, 0.15) is 0 Å². The molecule has 0 aromatic heterocycles. The molecule has 0 saturated carbocycles. The maximum Gasteiger partial charge on any atom is 0.329 e. The first-order valence-electron chi connectivity index (χ1n) is 10.2. The van der Waals surface area contributed by atoms with Gasteiger partial charge < -0.3 is 20.5 Å². The zero-order chi connectivity index (χ0) is 21.9. The minimum absolute atomic E-state index is 0.110. The van der Waals surface area contributed by atoms with E-state index in [0.29, 0.717) is 36.5 Å². The lowest BCUT2D eigenvalue weighted by Crippen LogP contribution is -2.62. The fraction of sp³-hybridized carbons (Fsp3) is 0.391. The van der Waals surface area contributed by atoms with E-state index in [4.69, 9.17) is 4.74 Å². The molecule has 1 aliphatic rings. The van der Waals surface area contributed by atoms with E-state index in [1.54, 1.807) is 36.4 Å². The summed E-state index contributed by atoms with van der Waals surface area (Å²) < 4.78 is 5.49. The summed E-state index contributed by atoms with van der Waals surface area (Å²) in [6, 6.07) is 11.6. The van der Waals surface area contributed by atoms with Crippen molar-refractivity contribution in [2.75, 3.05) is 23.4 Å².